The Morgan fingerprint density at radius 2 is 2.00 bits per heavy atom. The molecule has 0 spiro atoms. The van der Waals surface area contributed by atoms with E-state index in [2.05, 4.69) is 0 Å². The number of hydrogen-bond donors (Lipinski definition) is 1. The van der Waals surface area contributed by atoms with Crippen LogP contribution in [0, 0.1) is 5.92 Å². The molecule has 7 heteroatoms. The maximum absolute atomic E-state index is 11.3. The van der Waals surface area contributed by atoms with Gasteiger partial charge in [0.1, 0.15) is 18.8 Å². The summed E-state index contributed by atoms with van der Waals surface area (Å²) >= 11 is 0. The molecule has 0 bridgehead atoms. The molecule has 7 nitrogen and oxygen atoms in total. The first-order valence-electron chi connectivity index (χ1n) is 6.06. The van der Waals surface area contributed by atoms with Crippen LogP contribution >= 0.6 is 0 Å². The average molecular weight is 274 g/mol. The third kappa shape index (κ3) is 5.25. The van der Waals surface area contributed by atoms with Gasteiger partial charge in [-0.3, -0.25) is 14.4 Å². The first-order chi connectivity index (χ1) is 8.90. The molecule has 3 unspecified atom stereocenters. The van der Waals surface area contributed by atoms with Gasteiger partial charge in [0.2, 0.25) is 0 Å². The summed E-state index contributed by atoms with van der Waals surface area (Å²) in [5.41, 5.74) is 0. The largest absolute Gasteiger partial charge is 0.481 e. The van der Waals surface area contributed by atoms with Crippen molar-refractivity contribution < 1.29 is 33.7 Å². The molecule has 0 aromatic heterocycles. The number of esters is 2. The second-order valence-electron chi connectivity index (χ2n) is 4.50. The molecule has 0 aromatic rings. The highest BCUT2D eigenvalue weighted by Gasteiger charge is 2.37. The molecule has 0 radical (unpaired) electrons. The van der Waals surface area contributed by atoms with Gasteiger partial charge in [-0.25, -0.2) is 0 Å². The highest BCUT2D eigenvalue weighted by Crippen LogP contribution is 2.23. The quantitative estimate of drug-likeness (QED) is 0.698. The molecular formula is C12H18O7. The van der Waals surface area contributed by atoms with Gasteiger partial charge in [-0.1, -0.05) is 6.92 Å². The van der Waals surface area contributed by atoms with Crippen molar-refractivity contribution in [2.45, 2.75) is 38.9 Å². The van der Waals surface area contributed by atoms with Crippen LogP contribution in [0.5, 0.6) is 0 Å². The van der Waals surface area contributed by atoms with Gasteiger partial charge < -0.3 is 19.3 Å². The Hall–Kier alpha value is -1.63. The van der Waals surface area contributed by atoms with Crippen molar-refractivity contribution in [1.82, 2.24) is 0 Å². The minimum Gasteiger partial charge on any atom is -0.481 e. The summed E-state index contributed by atoms with van der Waals surface area (Å²) < 4.78 is 15.4. The number of carbonyl (C=O) groups excluding carboxylic acids is 2. The fraction of sp³-hybridized carbons (Fsp3) is 0.750. The fourth-order valence-corrected chi connectivity index (χ4v) is 1.81. The van der Waals surface area contributed by atoms with E-state index in [1.165, 1.54) is 6.92 Å². The van der Waals surface area contributed by atoms with E-state index in [0.717, 1.165) is 0 Å². The van der Waals surface area contributed by atoms with Crippen molar-refractivity contribution in [3.63, 3.8) is 0 Å². The highest BCUT2D eigenvalue weighted by atomic mass is 16.6. The van der Waals surface area contributed by atoms with Crippen molar-refractivity contribution >= 4 is 17.9 Å². The zero-order valence-electron chi connectivity index (χ0n) is 11.0. The Labute approximate surface area is 110 Å². The number of carboxylic acid groups (broad SMARTS) is 1. The fourth-order valence-electron chi connectivity index (χ4n) is 1.81. The third-order valence-corrected chi connectivity index (χ3v) is 2.75. The van der Waals surface area contributed by atoms with Crippen molar-refractivity contribution in [2.24, 2.45) is 5.92 Å². The molecule has 1 aliphatic heterocycles. The van der Waals surface area contributed by atoms with Crippen molar-refractivity contribution in [1.29, 1.82) is 0 Å². The average Bonchev–Trinajstić information content (AvgIpc) is 2.65. The number of hydrogen-bond acceptors (Lipinski definition) is 6. The van der Waals surface area contributed by atoms with Crippen LogP contribution in [0.2, 0.25) is 0 Å². The number of ether oxygens (including phenoxy) is 3. The van der Waals surface area contributed by atoms with E-state index in [4.69, 9.17) is 19.3 Å². The molecule has 1 fully saturated rings. The predicted octanol–water partition coefficient (Wildman–Crippen LogP) is 0.361. The van der Waals surface area contributed by atoms with Crippen LogP contribution in [0.15, 0.2) is 0 Å². The lowest BCUT2D eigenvalue weighted by Crippen LogP contribution is -2.34. The van der Waals surface area contributed by atoms with Gasteiger partial charge in [0.15, 0.2) is 0 Å². The maximum Gasteiger partial charge on any atom is 0.306 e. The van der Waals surface area contributed by atoms with Crippen LogP contribution in [-0.4, -0.2) is 48.4 Å². The number of carbonyl (C=O) groups is 3. The molecule has 0 aromatic carbocycles. The van der Waals surface area contributed by atoms with Gasteiger partial charge in [-0.2, -0.15) is 0 Å². The predicted molar refractivity (Wildman–Crippen MR) is 62.3 cm³/mol. The molecule has 1 aliphatic rings. The Kier molecular flexibility index (Phi) is 5.75. The van der Waals surface area contributed by atoms with Crippen molar-refractivity contribution in [2.75, 3.05) is 13.2 Å². The van der Waals surface area contributed by atoms with Gasteiger partial charge >= 0.3 is 17.9 Å². The topological polar surface area (TPSA) is 99.1 Å². The molecule has 108 valence electrons. The van der Waals surface area contributed by atoms with Crippen molar-refractivity contribution in [3.05, 3.63) is 0 Å². The Morgan fingerprint density at radius 3 is 2.58 bits per heavy atom. The lowest BCUT2D eigenvalue weighted by atomic mass is 10.0. The number of aliphatic carboxylic acids is 1. The smallest absolute Gasteiger partial charge is 0.306 e. The summed E-state index contributed by atoms with van der Waals surface area (Å²) in [5, 5.41) is 8.43. The first-order valence-corrected chi connectivity index (χ1v) is 6.06. The number of rotatable bonds is 6. The van der Waals surface area contributed by atoms with Crippen LogP contribution in [0.4, 0.5) is 0 Å². The molecule has 1 N–H and O–H groups in total. The van der Waals surface area contributed by atoms with Crippen molar-refractivity contribution in [3.8, 4) is 0 Å². The molecule has 0 amide bonds. The lowest BCUT2D eigenvalue weighted by molar-refractivity contribution is -0.157. The van der Waals surface area contributed by atoms with Gasteiger partial charge in [0.05, 0.1) is 19.4 Å². The monoisotopic (exact) mass is 274 g/mol. The Balaban J connectivity index is 2.36. The van der Waals surface area contributed by atoms with E-state index < -0.39 is 30.1 Å². The third-order valence-electron chi connectivity index (χ3n) is 2.75. The van der Waals surface area contributed by atoms with Crippen LogP contribution in [0.1, 0.15) is 26.7 Å². The standard InChI is InChI=1S/C12H18O7/c1-7-5-17-9(12(7)19-8(2)13)6-18-11(16)4-3-10(14)15/h7,9,12H,3-6H2,1-2H3,(H,14,15). The van der Waals surface area contributed by atoms with Crippen LogP contribution < -0.4 is 0 Å². The van der Waals surface area contributed by atoms with E-state index >= 15 is 0 Å². The Bertz CT molecular complexity index is 352. The minimum absolute atomic E-state index is 0.0339. The molecule has 1 saturated heterocycles. The van der Waals surface area contributed by atoms with Gasteiger partial charge in [-0.15, -0.1) is 0 Å². The first kappa shape index (κ1) is 15.4. The normalized spacial score (nSPS) is 25.9. The molecule has 1 rings (SSSR count). The summed E-state index contributed by atoms with van der Waals surface area (Å²) in [6.07, 6.45) is -1.39. The maximum atomic E-state index is 11.3. The van der Waals surface area contributed by atoms with Gasteiger partial charge in [-0.05, 0) is 0 Å². The van der Waals surface area contributed by atoms with E-state index in [1.807, 2.05) is 6.92 Å². The summed E-state index contributed by atoms with van der Waals surface area (Å²) in [7, 11) is 0. The van der Waals surface area contributed by atoms with Crippen LogP contribution in [-0.2, 0) is 28.6 Å². The second kappa shape index (κ2) is 7.08. The zero-order chi connectivity index (χ0) is 14.4. The van der Waals surface area contributed by atoms with E-state index in [0.29, 0.717) is 6.61 Å². The molecule has 0 saturated carbocycles. The van der Waals surface area contributed by atoms with E-state index in [9.17, 15) is 14.4 Å². The SMILES string of the molecule is CC(=O)OC1C(C)COC1COC(=O)CCC(=O)O. The highest BCUT2D eigenvalue weighted by molar-refractivity contribution is 5.76. The number of carboxylic acids is 1. The zero-order valence-corrected chi connectivity index (χ0v) is 11.0. The summed E-state index contributed by atoms with van der Waals surface area (Å²) in [4.78, 5) is 32.5. The summed E-state index contributed by atoms with van der Waals surface area (Å²) in [5.74, 6) is -2.04. The van der Waals surface area contributed by atoms with Gasteiger partial charge in [0.25, 0.3) is 0 Å². The molecule has 1 heterocycles. The Morgan fingerprint density at radius 1 is 1.32 bits per heavy atom. The van der Waals surface area contributed by atoms with Crippen LogP contribution in [0.25, 0.3) is 0 Å². The second-order valence-corrected chi connectivity index (χ2v) is 4.50. The summed E-state index contributed by atoms with van der Waals surface area (Å²) in [6, 6.07) is 0. The van der Waals surface area contributed by atoms with E-state index in [1.54, 1.807) is 0 Å². The minimum atomic E-state index is -1.06. The molecule has 0 aliphatic carbocycles. The molecular weight excluding hydrogens is 256 g/mol. The van der Waals surface area contributed by atoms with E-state index in [-0.39, 0.29) is 25.4 Å². The molecule has 3 atom stereocenters. The molecule has 19 heavy (non-hydrogen) atoms. The van der Waals surface area contributed by atoms with Gasteiger partial charge in [0, 0.05) is 12.8 Å². The summed E-state index contributed by atoms with van der Waals surface area (Å²) in [6.45, 7) is 3.57. The lowest BCUT2D eigenvalue weighted by Gasteiger charge is -2.20. The van der Waals surface area contributed by atoms with Crippen LogP contribution in [0.3, 0.4) is 0 Å².